The van der Waals surface area contributed by atoms with Gasteiger partial charge in [-0.25, -0.2) is 4.79 Å². The van der Waals surface area contributed by atoms with Crippen molar-refractivity contribution < 1.29 is 23.1 Å². The van der Waals surface area contributed by atoms with Crippen molar-refractivity contribution in [2.24, 2.45) is 4.99 Å². The Bertz CT molecular complexity index is 278. The van der Waals surface area contributed by atoms with Gasteiger partial charge in [-0.05, 0) is 6.72 Å². The molecule has 0 aliphatic heterocycles. The number of carboxylic acids is 1. The van der Waals surface area contributed by atoms with Crippen LogP contribution in [0, 0.1) is 0 Å². The van der Waals surface area contributed by atoms with Crippen molar-refractivity contribution in [3.8, 4) is 0 Å². The van der Waals surface area contributed by atoms with E-state index in [0.717, 1.165) is 0 Å². The summed E-state index contributed by atoms with van der Waals surface area (Å²) in [6.07, 6.45) is -4.26. The molecule has 72 valence electrons. The first-order valence-corrected chi connectivity index (χ1v) is 2.98. The maximum Gasteiger partial charge on any atom is 0.434 e. The van der Waals surface area contributed by atoms with E-state index in [-0.39, 0.29) is 0 Å². The molecule has 0 unspecified atom stereocenters. The average Bonchev–Trinajstić information content (AvgIpc) is 1.96. The number of nitrogens with zero attached hydrogens (tertiary/aromatic N) is 1. The van der Waals surface area contributed by atoms with Gasteiger partial charge in [0.1, 0.15) is 0 Å². The minimum atomic E-state index is -4.83. The molecule has 0 fully saturated rings. The highest BCUT2D eigenvalue weighted by Gasteiger charge is 2.37. The lowest BCUT2D eigenvalue weighted by atomic mass is 10.2. The summed E-state index contributed by atoms with van der Waals surface area (Å²) in [6, 6.07) is 0. The first kappa shape index (κ1) is 11.4. The zero-order valence-electron chi connectivity index (χ0n) is 6.43. The van der Waals surface area contributed by atoms with Crippen molar-refractivity contribution in [2.75, 3.05) is 0 Å². The molecule has 0 rings (SSSR count). The standard InChI is InChI=1S/C7H6F3NO2/c1-3-4(6(12)13)5(11-2)7(8,9)10/h3H,1-2H2,(H,12,13)/b5-4+. The van der Waals surface area contributed by atoms with Crippen molar-refractivity contribution in [1.82, 2.24) is 0 Å². The molecule has 0 saturated heterocycles. The maximum absolute atomic E-state index is 12.0. The largest absolute Gasteiger partial charge is 0.478 e. The molecule has 0 heterocycles. The Hall–Kier alpha value is -1.59. The van der Waals surface area contributed by atoms with Crippen molar-refractivity contribution in [3.05, 3.63) is 23.9 Å². The monoisotopic (exact) mass is 193 g/mol. The Labute approximate surface area is 71.9 Å². The van der Waals surface area contributed by atoms with Crippen LogP contribution in [0.25, 0.3) is 0 Å². The number of allylic oxidation sites excluding steroid dienone is 1. The van der Waals surface area contributed by atoms with Gasteiger partial charge in [0, 0.05) is 0 Å². The van der Waals surface area contributed by atoms with E-state index in [0.29, 0.717) is 6.08 Å². The molecule has 0 aromatic carbocycles. The summed E-state index contributed by atoms with van der Waals surface area (Å²) in [5.74, 6) is -1.74. The summed E-state index contributed by atoms with van der Waals surface area (Å²) in [5.41, 5.74) is -2.56. The van der Waals surface area contributed by atoms with E-state index < -0.39 is 23.4 Å². The highest BCUT2D eigenvalue weighted by Crippen LogP contribution is 2.29. The third-order valence-corrected chi connectivity index (χ3v) is 1.12. The Balaban J connectivity index is 5.45. The van der Waals surface area contributed by atoms with Gasteiger partial charge in [-0.1, -0.05) is 12.7 Å². The highest BCUT2D eigenvalue weighted by atomic mass is 19.4. The summed E-state index contributed by atoms with van der Waals surface area (Å²) >= 11 is 0. The smallest absolute Gasteiger partial charge is 0.434 e. The molecule has 0 bridgehead atoms. The predicted molar refractivity (Wildman–Crippen MR) is 40.5 cm³/mol. The molecule has 6 heteroatoms. The topological polar surface area (TPSA) is 49.7 Å². The second-order valence-corrected chi connectivity index (χ2v) is 1.93. The van der Waals surface area contributed by atoms with Crippen LogP contribution < -0.4 is 0 Å². The number of hydrogen-bond acceptors (Lipinski definition) is 2. The fourth-order valence-corrected chi connectivity index (χ4v) is 0.613. The van der Waals surface area contributed by atoms with Crippen LogP contribution in [0.4, 0.5) is 13.2 Å². The normalized spacial score (nSPS) is 13.2. The Morgan fingerprint density at radius 1 is 1.46 bits per heavy atom. The number of carbonyl (C=O) groups is 1. The number of rotatable bonds is 3. The molecule has 0 aliphatic carbocycles. The average molecular weight is 193 g/mol. The fraction of sp³-hybridized carbons (Fsp3) is 0.143. The third kappa shape index (κ3) is 2.73. The molecule has 3 nitrogen and oxygen atoms in total. The molecule has 0 aromatic rings. The first-order valence-electron chi connectivity index (χ1n) is 2.98. The summed E-state index contributed by atoms with van der Waals surface area (Å²) in [5, 5.41) is 8.32. The molecule has 0 aliphatic rings. The quantitative estimate of drug-likeness (QED) is 0.422. The molecule has 0 amide bonds. The summed E-state index contributed by atoms with van der Waals surface area (Å²) in [4.78, 5) is 12.9. The molecule has 0 radical (unpaired) electrons. The van der Waals surface area contributed by atoms with Crippen LogP contribution >= 0.6 is 0 Å². The first-order chi connectivity index (χ1) is 5.84. The highest BCUT2D eigenvalue weighted by molar-refractivity contribution is 5.91. The Morgan fingerprint density at radius 3 is 2.00 bits per heavy atom. The van der Waals surface area contributed by atoms with Crippen LogP contribution in [0.3, 0.4) is 0 Å². The Kier molecular flexibility index (Phi) is 3.41. The van der Waals surface area contributed by atoms with Crippen LogP contribution in [0.15, 0.2) is 28.9 Å². The summed E-state index contributed by atoms with van der Waals surface area (Å²) < 4.78 is 36.0. The van der Waals surface area contributed by atoms with Crippen LogP contribution in [-0.2, 0) is 4.79 Å². The number of aliphatic imine (C=N–C) groups is 1. The zero-order chi connectivity index (χ0) is 10.6. The molecule has 0 aromatic heterocycles. The molecular weight excluding hydrogens is 187 g/mol. The molecular formula is C7H6F3NO2. The molecule has 13 heavy (non-hydrogen) atoms. The van der Waals surface area contributed by atoms with Crippen LogP contribution in [0.1, 0.15) is 0 Å². The van der Waals surface area contributed by atoms with Gasteiger partial charge in [0.15, 0.2) is 5.70 Å². The van der Waals surface area contributed by atoms with E-state index in [9.17, 15) is 18.0 Å². The van der Waals surface area contributed by atoms with Gasteiger partial charge in [-0.2, -0.15) is 13.2 Å². The van der Waals surface area contributed by atoms with Crippen LogP contribution in [0.2, 0.25) is 0 Å². The van der Waals surface area contributed by atoms with Gasteiger partial charge in [-0.3, -0.25) is 4.99 Å². The SMILES string of the molecule is C=C/C(C(=O)O)=C(\N=C)C(F)(F)F. The molecule has 1 N–H and O–H groups in total. The van der Waals surface area contributed by atoms with Crippen molar-refractivity contribution in [2.45, 2.75) is 6.18 Å². The minimum Gasteiger partial charge on any atom is -0.478 e. The molecule has 0 saturated carbocycles. The number of alkyl halides is 3. The lowest BCUT2D eigenvalue weighted by Gasteiger charge is -2.07. The van der Waals surface area contributed by atoms with Crippen LogP contribution in [0.5, 0.6) is 0 Å². The summed E-state index contributed by atoms with van der Waals surface area (Å²) in [7, 11) is 0. The fourth-order valence-electron chi connectivity index (χ4n) is 0.613. The van der Waals surface area contributed by atoms with E-state index in [1.165, 1.54) is 0 Å². The lowest BCUT2D eigenvalue weighted by molar-refractivity contribution is -0.133. The number of carboxylic acid groups (broad SMARTS) is 1. The predicted octanol–water partition coefficient (Wildman–Crippen LogP) is 1.77. The van der Waals surface area contributed by atoms with E-state index in [2.05, 4.69) is 18.3 Å². The van der Waals surface area contributed by atoms with Gasteiger partial charge in [0.2, 0.25) is 0 Å². The Morgan fingerprint density at radius 2 is 1.92 bits per heavy atom. The summed E-state index contributed by atoms with van der Waals surface area (Å²) in [6.45, 7) is 5.58. The van der Waals surface area contributed by atoms with E-state index in [1.807, 2.05) is 0 Å². The minimum absolute atomic E-state index is 0.569. The van der Waals surface area contributed by atoms with Gasteiger partial charge >= 0.3 is 12.1 Å². The zero-order valence-corrected chi connectivity index (χ0v) is 6.43. The van der Waals surface area contributed by atoms with Crippen LogP contribution in [-0.4, -0.2) is 24.0 Å². The van der Waals surface area contributed by atoms with E-state index in [4.69, 9.17) is 5.11 Å². The lowest BCUT2D eigenvalue weighted by Crippen LogP contribution is -2.15. The molecule has 0 atom stereocenters. The van der Waals surface area contributed by atoms with Gasteiger partial charge in [0.05, 0.1) is 5.57 Å². The second kappa shape index (κ2) is 3.88. The second-order valence-electron chi connectivity index (χ2n) is 1.93. The van der Waals surface area contributed by atoms with E-state index in [1.54, 1.807) is 0 Å². The van der Waals surface area contributed by atoms with Crippen molar-refractivity contribution in [3.63, 3.8) is 0 Å². The van der Waals surface area contributed by atoms with Gasteiger partial charge < -0.3 is 5.11 Å². The molecule has 0 spiro atoms. The number of aliphatic carboxylic acids is 1. The third-order valence-electron chi connectivity index (χ3n) is 1.12. The van der Waals surface area contributed by atoms with Gasteiger partial charge in [-0.15, -0.1) is 0 Å². The van der Waals surface area contributed by atoms with Crippen molar-refractivity contribution >= 4 is 12.7 Å². The van der Waals surface area contributed by atoms with Gasteiger partial charge in [0.25, 0.3) is 0 Å². The van der Waals surface area contributed by atoms with Crippen molar-refractivity contribution in [1.29, 1.82) is 0 Å². The maximum atomic E-state index is 12.0. The number of hydrogen-bond donors (Lipinski definition) is 1. The van der Waals surface area contributed by atoms with E-state index >= 15 is 0 Å². The number of halogens is 3.